The lowest BCUT2D eigenvalue weighted by atomic mass is 9.95. The fourth-order valence-corrected chi connectivity index (χ4v) is 3.72. The van der Waals surface area contributed by atoms with E-state index in [4.69, 9.17) is 5.73 Å². The molecule has 4 N–H and O–H groups in total. The molecule has 1 aliphatic rings. The molecule has 3 atom stereocenters. The van der Waals surface area contributed by atoms with E-state index in [0.717, 1.165) is 25.0 Å². The lowest BCUT2D eigenvalue weighted by molar-refractivity contribution is -0.127. The summed E-state index contributed by atoms with van der Waals surface area (Å²) in [6.45, 7) is 5.93. The van der Waals surface area contributed by atoms with Gasteiger partial charge in [-0.15, -0.1) is 12.4 Å². The minimum atomic E-state index is -0.559. The van der Waals surface area contributed by atoms with Gasteiger partial charge in [-0.3, -0.25) is 9.59 Å². The summed E-state index contributed by atoms with van der Waals surface area (Å²) in [4.78, 5) is 23.7. The topological polar surface area (TPSA) is 84.2 Å². The van der Waals surface area contributed by atoms with Crippen molar-refractivity contribution in [2.75, 3.05) is 12.3 Å². The van der Waals surface area contributed by atoms with Crippen LogP contribution in [0.2, 0.25) is 0 Å². The van der Waals surface area contributed by atoms with Crippen LogP contribution in [0, 0.1) is 5.92 Å². The number of halogens is 1. The number of carbonyl (C=O) groups excluding carboxylic acids is 2. The first-order valence-electron chi connectivity index (χ1n) is 7.90. The van der Waals surface area contributed by atoms with Crippen molar-refractivity contribution in [3.63, 3.8) is 0 Å². The van der Waals surface area contributed by atoms with Gasteiger partial charge in [0.05, 0.1) is 12.6 Å². The SMILES string of the molecule is CCSC1CCCCC1NC(=O)CNC(=O)[C@@H](N)C(C)C.Cl. The highest BCUT2D eigenvalue weighted by Gasteiger charge is 2.26. The fourth-order valence-electron chi connectivity index (χ4n) is 2.52. The Hall–Kier alpha value is -0.460. The normalized spacial score (nSPS) is 22.6. The van der Waals surface area contributed by atoms with E-state index < -0.39 is 6.04 Å². The van der Waals surface area contributed by atoms with E-state index in [0.29, 0.717) is 5.25 Å². The maximum Gasteiger partial charge on any atom is 0.239 e. The Morgan fingerprint density at radius 3 is 2.50 bits per heavy atom. The van der Waals surface area contributed by atoms with Crippen molar-refractivity contribution in [1.29, 1.82) is 0 Å². The largest absolute Gasteiger partial charge is 0.351 e. The average molecular weight is 352 g/mol. The molecule has 0 spiro atoms. The summed E-state index contributed by atoms with van der Waals surface area (Å²) in [6.07, 6.45) is 4.59. The Bertz CT molecular complexity index is 354. The van der Waals surface area contributed by atoms with Gasteiger partial charge < -0.3 is 16.4 Å². The van der Waals surface area contributed by atoms with E-state index in [1.54, 1.807) is 0 Å². The molecule has 1 rings (SSSR count). The minimum absolute atomic E-state index is 0. The Balaban J connectivity index is 0.00000441. The van der Waals surface area contributed by atoms with Crippen molar-refractivity contribution >= 4 is 36.0 Å². The van der Waals surface area contributed by atoms with Crippen LogP contribution < -0.4 is 16.4 Å². The molecular weight excluding hydrogens is 322 g/mol. The number of hydrogen-bond donors (Lipinski definition) is 3. The van der Waals surface area contributed by atoms with Crippen molar-refractivity contribution in [3.8, 4) is 0 Å². The summed E-state index contributed by atoms with van der Waals surface area (Å²) in [5, 5.41) is 6.18. The number of thioether (sulfide) groups is 1. The summed E-state index contributed by atoms with van der Waals surface area (Å²) < 4.78 is 0. The number of nitrogens with one attached hydrogen (secondary N) is 2. The molecule has 1 fully saturated rings. The van der Waals surface area contributed by atoms with Gasteiger partial charge in [0.1, 0.15) is 0 Å². The highest BCUT2D eigenvalue weighted by atomic mass is 35.5. The Kier molecular flexibility index (Phi) is 10.9. The van der Waals surface area contributed by atoms with Crippen molar-refractivity contribution in [2.24, 2.45) is 11.7 Å². The summed E-state index contributed by atoms with van der Waals surface area (Å²) in [6, 6.07) is -0.331. The maximum absolute atomic E-state index is 12.0. The second kappa shape index (κ2) is 11.1. The third-order valence-electron chi connectivity index (χ3n) is 3.87. The number of rotatable bonds is 7. The second-order valence-electron chi connectivity index (χ2n) is 5.94. The molecule has 22 heavy (non-hydrogen) atoms. The van der Waals surface area contributed by atoms with Crippen molar-refractivity contribution in [1.82, 2.24) is 10.6 Å². The summed E-state index contributed by atoms with van der Waals surface area (Å²) in [7, 11) is 0. The monoisotopic (exact) mass is 351 g/mol. The lowest BCUT2D eigenvalue weighted by Crippen LogP contribution is -2.50. The van der Waals surface area contributed by atoms with Crippen LogP contribution in [0.3, 0.4) is 0 Å². The van der Waals surface area contributed by atoms with Gasteiger partial charge in [0, 0.05) is 11.3 Å². The van der Waals surface area contributed by atoms with Crippen molar-refractivity contribution < 1.29 is 9.59 Å². The quantitative estimate of drug-likeness (QED) is 0.651. The predicted molar refractivity (Wildman–Crippen MR) is 95.4 cm³/mol. The van der Waals surface area contributed by atoms with Crippen LogP contribution in [0.25, 0.3) is 0 Å². The number of hydrogen-bond acceptors (Lipinski definition) is 4. The summed E-state index contributed by atoms with van der Waals surface area (Å²) in [5.41, 5.74) is 5.75. The van der Waals surface area contributed by atoms with Gasteiger partial charge in [-0.05, 0) is 24.5 Å². The Morgan fingerprint density at radius 2 is 1.91 bits per heavy atom. The molecule has 0 heterocycles. The summed E-state index contributed by atoms with van der Waals surface area (Å²) in [5.74, 6) is 0.754. The highest BCUT2D eigenvalue weighted by Crippen LogP contribution is 2.28. The standard InChI is InChI=1S/C15H29N3O2S.ClH/c1-4-21-12-8-6-5-7-11(12)18-13(19)9-17-15(20)14(16)10(2)3;/h10-12,14H,4-9,16H2,1-3H3,(H,17,20)(H,18,19);1H/t11?,12?,14-;/m0./s1. The van der Waals surface area contributed by atoms with E-state index in [1.807, 2.05) is 25.6 Å². The molecule has 0 radical (unpaired) electrons. The van der Waals surface area contributed by atoms with Crippen LogP contribution in [0.5, 0.6) is 0 Å². The van der Waals surface area contributed by atoms with Gasteiger partial charge in [0.2, 0.25) is 11.8 Å². The zero-order chi connectivity index (χ0) is 15.8. The lowest BCUT2D eigenvalue weighted by Gasteiger charge is -2.31. The van der Waals surface area contributed by atoms with E-state index >= 15 is 0 Å². The van der Waals surface area contributed by atoms with E-state index in [9.17, 15) is 9.59 Å². The maximum atomic E-state index is 12.0. The van der Waals surface area contributed by atoms with Crippen molar-refractivity contribution in [2.45, 2.75) is 63.8 Å². The molecule has 0 aromatic carbocycles. The molecule has 0 bridgehead atoms. The number of carbonyl (C=O) groups is 2. The molecule has 1 saturated carbocycles. The third kappa shape index (κ3) is 7.20. The first kappa shape index (κ1) is 21.5. The van der Waals surface area contributed by atoms with Crippen molar-refractivity contribution in [3.05, 3.63) is 0 Å². The van der Waals surface area contributed by atoms with Crippen LogP contribution in [-0.2, 0) is 9.59 Å². The third-order valence-corrected chi connectivity index (χ3v) is 5.20. The zero-order valence-electron chi connectivity index (χ0n) is 13.8. The van der Waals surface area contributed by atoms with Gasteiger partial charge in [-0.1, -0.05) is 33.6 Å². The molecule has 130 valence electrons. The molecular formula is C15H30ClN3O2S. The van der Waals surface area contributed by atoms with Crippen LogP contribution in [-0.4, -0.2) is 41.4 Å². The fraction of sp³-hybridized carbons (Fsp3) is 0.867. The molecule has 5 nitrogen and oxygen atoms in total. The Labute approximate surface area is 144 Å². The van der Waals surface area contributed by atoms with Gasteiger partial charge >= 0.3 is 0 Å². The van der Waals surface area contributed by atoms with E-state index in [2.05, 4.69) is 17.6 Å². The molecule has 0 aromatic rings. The first-order chi connectivity index (χ1) is 9.95. The van der Waals surface area contributed by atoms with Gasteiger partial charge in [-0.25, -0.2) is 0 Å². The highest BCUT2D eigenvalue weighted by molar-refractivity contribution is 7.99. The minimum Gasteiger partial charge on any atom is -0.351 e. The molecule has 1 aliphatic carbocycles. The van der Waals surface area contributed by atoms with Gasteiger partial charge in [-0.2, -0.15) is 11.8 Å². The molecule has 0 aromatic heterocycles. The second-order valence-corrected chi connectivity index (χ2v) is 7.46. The molecule has 7 heteroatoms. The first-order valence-corrected chi connectivity index (χ1v) is 8.94. The number of nitrogens with two attached hydrogens (primary N) is 1. The molecule has 0 saturated heterocycles. The smallest absolute Gasteiger partial charge is 0.239 e. The molecule has 0 aliphatic heterocycles. The number of amides is 2. The van der Waals surface area contributed by atoms with Crippen LogP contribution in [0.15, 0.2) is 0 Å². The predicted octanol–water partition coefficient (Wildman–Crippen LogP) is 1.69. The van der Waals surface area contributed by atoms with Crippen LogP contribution in [0.1, 0.15) is 46.5 Å². The van der Waals surface area contributed by atoms with Gasteiger partial charge in [0.15, 0.2) is 0 Å². The average Bonchev–Trinajstić information content (AvgIpc) is 2.46. The van der Waals surface area contributed by atoms with Crippen LogP contribution in [0.4, 0.5) is 0 Å². The van der Waals surface area contributed by atoms with E-state index in [-0.39, 0.29) is 42.7 Å². The van der Waals surface area contributed by atoms with E-state index in [1.165, 1.54) is 6.42 Å². The zero-order valence-corrected chi connectivity index (χ0v) is 15.4. The van der Waals surface area contributed by atoms with Crippen LogP contribution >= 0.6 is 24.2 Å². The Morgan fingerprint density at radius 1 is 1.27 bits per heavy atom. The molecule has 2 amide bonds. The van der Waals surface area contributed by atoms with Gasteiger partial charge in [0.25, 0.3) is 0 Å². The molecule has 2 unspecified atom stereocenters. The summed E-state index contributed by atoms with van der Waals surface area (Å²) >= 11 is 1.91.